The molecule has 5 heteroatoms. The molecule has 0 unspecified atom stereocenters. The molecule has 0 radical (unpaired) electrons. The predicted octanol–water partition coefficient (Wildman–Crippen LogP) is 2.03. The van der Waals surface area contributed by atoms with Gasteiger partial charge in [0.05, 0.1) is 6.54 Å². The van der Waals surface area contributed by atoms with Gasteiger partial charge in [-0.25, -0.2) is 0 Å². The average molecular weight is 258 g/mol. The number of likely N-dealkylation sites (N-methyl/N-ethyl adjacent to an activating group) is 1. The molecule has 0 spiro atoms. The van der Waals surface area contributed by atoms with Gasteiger partial charge in [0.2, 0.25) is 0 Å². The van der Waals surface area contributed by atoms with E-state index < -0.39 is 6.29 Å². The van der Waals surface area contributed by atoms with Gasteiger partial charge in [-0.3, -0.25) is 4.79 Å². The van der Waals surface area contributed by atoms with E-state index in [1.54, 1.807) is 36.2 Å². The van der Waals surface area contributed by atoms with Gasteiger partial charge < -0.3 is 14.4 Å². The maximum absolute atomic E-state index is 12.0. The molecule has 0 saturated carbocycles. The SMILES string of the molecule is COC(CN(C)C(=O)c1ccc(Cl)cc1)OC. The number of carbonyl (C=O) groups is 1. The van der Waals surface area contributed by atoms with E-state index >= 15 is 0 Å². The summed E-state index contributed by atoms with van der Waals surface area (Å²) in [6, 6.07) is 6.76. The molecule has 0 N–H and O–H groups in total. The average Bonchev–Trinajstić information content (AvgIpc) is 2.35. The van der Waals surface area contributed by atoms with E-state index in [1.807, 2.05) is 0 Å². The van der Waals surface area contributed by atoms with Crippen molar-refractivity contribution < 1.29 is 14.3 Å². The third-order valence-corrected chi connectivity index (χ3v) is 2.64. The summed E-state index contributed by atoms with van der Waals surface area (Å²) in [7, 11) is 4.77. The Bertz CT molecular complexity index is 363. The highest BCUT2D eigenvalue weighted by molar-refractivity contribution is 6.30. The van der Waals surface area contributed by atoms with Crippen LogP contribution in [0.15, 0.2) is 24.3 Å². The number of nitrogens with zero attached hydrogens (tertiary/aromatic N) is 1. The smallest absolute Gasteiger partial charge is 0.253 e. The predicted molar refractivity (Wildman–Crippen MR) is 66.2 cm³/mol. The number of amides is 1. The highest BCUT2D eigenvalue weighted by atomic mass is 35.5. The van der Waals surface area contributed by atoms with E-state index in [9.17, 15) is 4.79 Å². The van der Waals surface area contributed by atoms with Gasteiger partial charge in [-0.05, 0) is 24.3 Å². The molecule has 1 aromatic rings. The molecular formula is C12H16ClNO3. The maximum atomic E-state index is 12.0. The van der Waals surface area contributed by atoms with E-state index in [4.69, 9.17) is 21.1 Å². The molecule has 1 amide bonds. The highest BCUT2D eigenvalue weighted by Crippen LogP contribution is 2.11. The van der Waals surface area contributed by atoms with Crippen molar-refractivity contribution in [1.82, 2.24) is 4.90 Å². The van der Waals surface area contributed by atoms with Crippen LogP contribution in [0.3, 0.4) is 0 Å². The van der Waals surface area contributed by atoms with Gasteiger partial charge in [-0.15, -0.1) is 0 Å². The molecule has 0 aromatic heterocycles. The second kappa shape index (κ2) is 6.59. The Morgan fingerprint density at radius 2 is 1.82 bits per heavy atom. The van der Waals surface area contributed by atoms with Crippen molar-refractivity contribution in [2.45, 2.75) is 6.29 Å². The first-order valence-corrected chi connectivity index (χ1v) is 5.53. The number of hydrogen-bond acceptors (Lipinski definition) is 3. The lowest BCUT2D eigenvalue weighted by Crippen LogP contribution is -2.36. The Balaban J connectivity index is 2.66. The lowest BCUT2D eigenvalue weighted by Gasteiger charge is -2.22. The molecule has 94 valence electrons. The van der Waals surface area contributed by atoms with Gasteiger partial charge in [0.25, 0.3) is 5.91 Å². The molecule has 0 fully saturated rings. The van der Waals surface area contributed by atoms with E-state index in [0.29, 0.717) is 17.1 Å². The Morgan fingerprint density at radius 1 is 1.29 bits per heavy atom. The van der Waals surface area contributed by atoms with Crippen LogP contribution in [0.2, 0.25) is 5.02 Å². The van der Waals surface area contributed by atoms with Crippen molar-refractivity contribution in [3.8, 4) is 0 Å². The molecule has 1 rings (SSSR count). The van der Waals surface area contributed by atoms with Crippen LogP contribution in [-0.2, 0) is 9.47 Å². The minimum Gasteiger partial charge on any atom is -0.354 e. The zero-order valence-electron chi connectivity index (χ0n) is 10.1. The van der Waals surface area contributed by atoms with Crippen molar-refractivity contribution in [1.29, 1.82) is 0 Å². The summed E-state index contributed by atoms with van der Waals surface area (Å²) >= 11 is 5.76. The van der Waals surface area contributed by atoms with E-state index in [1.165, 1.54) is 14.2 Å². The van der Waals surface area contributed by atoms with Gasteiger partial charge >= 0.3 is 0 Å². The number of carbonyl (C=O) groups excluding carboxylic acids is 1. The van der Waals surface area contributed by atoms with Gasteiger partial charge in [0, 0.05) is 31.9 Å². The Labute approximate surface area is 106 Å². The fourth-order valence-electron chi connectivity index (χ4n) is 1.36. The lowest BCUT2D eigenvalue weighted by molar-refractivity contribution is -0.110. The topological polar surface area (TPSA) is 38.8 Å². The van der Waals surface area contributed by atoms with Crippen molar-refractivity contribution in [2.24, 2.45) is 0 Å². The van der Waals surface area contributed by atoms with Gasteiger partial charge in [0.1, 0.15) is 0 Å². The molecule has 0 aliphatic rings. The number of methoxy groups -OCH3 is 2. The standard InChI is InChI=1S/C12H16ClNO3/c1-14(8-11(16-2)17-3)12(15)9-4-6-10(13)7-5-9/h4-7,11H,8H2,1-3H3. The molecule has 0 heterocycles. The Morgan fingerprint density at radius 3 is 2.29 bits per heavy atom. The molecule has 1 aromatic carbocycles. The van der Waals surface area contributed by atoms with Crippen LogP contribution in [0.1, 0.15) is 10.4 Å². The largest absolute Gasteiger partial charge is 0.354 e. The first-order valence-electron chi connectivity index (χ1n) is 5.15. The minimum absolute atomic E-state index is 0.0965. The molecule has 0 saturated heterocycles. The minimum atomic E-state index is -0.420. The van der Waals surface area contributed by atoms with Gasteiger partial charge in [-0.2, -0.15) is 0 Å². The quantitative estimate of drug-likeness (QED) is 0.758. The molecular weight excluding hydrogens is 242 g/mol. The van der Waals surface area contributed by atoms with Crippen LogP contribution >= 0.6 is 11.6 Å². The molecule has 4 nitrogen and oxygen atoms in total. The summed E-state index contributed by atoms with van der Waals surface area (Å²) in [6.07, 6.45) is -0.420. The molecule has 0 bridgehead atoms. The van der Waals surface area contributed by atoms with Crippen LogP contribution in [0.4, 0.5) is 0 Å². The van der Waals surface area contributed by atoms with Crippen LogP contribution in [-0.4, -0.2) is 44.9 Å². The second-order valence-corrected chi connectivity index (χ2v) is 4.03. The van der Waals surface area contributed by atoms with E-state index in [0.717, 1.165) is 0 Å². The third-order valence-electron chi connectivity index (χ3n) is 2.39. The van der Waals surface area contributed by atoms with Crippen molar-refractivity contribution in [3.63, 3.8) is 0 Å². The number of rotatable bonds is 5. The first-order chi connectivity index (χ1) is 8.08. The number of halogens is 1. The van der Waals surface area contributed by atoms with Crippen molar-refractivity contribution >= 4 is 17.5 Å². The molecule has 17 heavy (non-hydrogen) atoms. The van der Waals surface area contributed by atoms with Crippen LogP contribution in [0, 0.1) is 0 Å². The zero-order valence-corrected chi connectivity index (χ0v) is 10.9. The Kier molecular flexibility index (Phi) is 5.41. The summed E-state index contributed by atoms with van der Waals surface area (Å²) < 4.78 is 10.1. The van der Waals surface area contributed by atoms with Crippen LogP contribution < -0.4 is 0 Å². The third kappa shape index (κ3) is 4.00. The van der Waals surface area contributed by atoms with Crippen molar-refractivity contribution in [3.05, 3.63) is 34.9 Å². The summed E-state index contributed by atoms with van der Waals surface area (Å²) in [4.78, 5) is 13.5. The summed E-state index contributed by atoms with van der Waals surface area (Å²) in [5.41, 5.74) is 0.586. The first kappa shape index (κ1) is 14.0. The van der Waals surface area contributed by atoms with Gasteiger partial charge in [-0.1, -0.05) is 11.6 Å². The van der Waals surface area contributed by atoms with Crippen LogP contribution in [0.5, 0.6) is 0 Å². The molecule has 0 aliphatic heterocycles. The summed E-state index contributed by atoms with van der Waals surface area (Å²) in [5, 5.41) is 0.607. The van der Waals surface area contributed by atoms with E-state index in [2.05, 4.69) is 0 Å². The number of hydrogen-bond donors (Lipinski definition) is 0. The summed E-state index contributed by atoms with van der Waals surface area (Å²) in [6.45, 7) is 0.370. The fourth-order valence-corrected chi connectivity index (χ4v) is 1.49. The van der Waals surface area contributed by atoms with Crippen LogP contribution in [0.25, 0.3) is 0 Å². The fraction of sp³-hybridized carbons (Fsp3) is 0.417. The number of ether oxygens (including phenoxy) is 2. The number of benzene rings is 1. The monoisotopic (exact) mass is 257 g/mol. The molecule has 0 atom stereocenters. The normalized spacial score (nSPS) is 10.6. The lowest BCUT2D eigenvalue weighted by atomic mass is 10.2. The highest BCUT2D eigenvalue weighted by Gasteiger charge is 2.16. The van der Waals surface area contributed by atoms with Crippen molar-refractivity contribution in [2.75, 3.05) is 27.8 Å². The second-order valence-electron chi connectivity index (χ2n) is 3.59. The zero-order chi connectivity index (χ0) is 12.8. The van der Waals surface area contributed by atoms with Gasteiger partial charge in [0.15, 0.2) is 6.29 Å². The molecule has 0 aliphatic carbocycles. The maximum Gasteiger partial charge on any atom is 0.253 e. The van der Waals surface area contributed by atoms with E-state index in [-0.39, 0.29) is 5.91 Å². The summed E-state index contributed by atoms with van der Waals surface area (Å²) in [5.74, 6) is -0.0965. The Hall–Kier alpha value is -1.10.